The molecule has 0 aliphatic heterocycles. The van der Waals surface area contributed by atoms with E-state index in [1.807, 2.05) is 0 Å². The van der Waals surface area contributed by atoms with Gasteiger partial charge < -0.3 is 0 Å². The van der Waals surface area contributed by atoms with Gasteiger partial charge in [-0.25, -0.2) is 36.4 Å². The Kier molecular flexibility index (Phi) is 13.7. The molecule has 0 amide bonds. The Balaban J connectivity index is 0.000000294. The van der Waals surface area contributed by atoms with Crippen molar-refractivity contribution in [3.05, 3.63) is 89.5 Å². The maximum absolute atomic E-state index is 2.16. The second-order valence-electron chi connectivity index (χ2n) is 4.94. The van der Waals surface area contributed by atoms with E-state index >= 15 is 0 Å². The van der Waals surface area contributed by atoms with Crippen LogP contribution in [0.4, 0.5) is 0 Å². The zero-order valence-electron chi connectivity index (χ0n) is 14.1. The van der Waals surface area contributed by atoms with Crippen molar-refractivity contribution in [3.8, 4) is 0 Å². The molecule has 0 heterocycles. The maximum atomic E-state index is 2.16. The van der Waals surface area contributed by atoms with Gasteiger partial charge >= 0.3 is 41.3 Å². The molecule has 0 unspecified atom stereocenters. The molecular weight excluding hydrogens is 393 g/mol. The SMILES string of the molecule is CC[c-]1cccc1.CC[c-]1cccc1.CC[c-]1cccc1.[Pr+3]. The third-order valence-electron chi connectivity index (χ3n) is 3.42. The van der Waals surface area contributed by atoms with E-state index in [2.05, 4.69) is 93.6 Å². The van der Waals surface area contributed by atoms with E-state index in [1.54, 1.807) is 0 Å². The summed E-state index contributed by atoms with van der Waals surface area (Å²) in [5.74, 6) is 0. The molecule has 0 aliphatic rings. The largest absolute Gasteiger partial charge is 3.00 e. The molecule has 0 spiro atoms. The van der Waals surface area contributed by atoms with Crippen molar-refractivity contribution in [3.63, 3.8) is 0 Å². The minimum atomic E-state index is 0. The Morgan fingerprint density at radius 2 is 0.636 bits per heavy atom. The van der Waals surface area contributed by atoms with Gasteiger partial charge in [0.15, 0.2) is 0 Å². The zero-order valence-corrected chi connectivity index (χ0v) is 17.8. The topological polar surface area (TPSA) is 0 Å². The molecule has 3 rings (SSSR count). The fourth-order valence-electron chi connectivity index (χ4n) is 1.95. The normalized spacial score (nSPS) is 8.86. The van der Waals surface area contributed by atoms with Gasteiger partial charge in [0.2, 0.25) is 0 Å². The molecule has 3 aromatic carbocycles. The number of hydrogen-bond acceptors (Lipinski definition) is 0. The van der Waals surface area contributed by atoms with Gasteiger partial charge in [-0.15, -0.1) is 0 Å². The van der Waals surface area contributed by atoms with Crippen LogP contribution in [0.2, 0.25) is 0 Å². The molecule has 0 atom stereocenters. The van der Waals surface area contributed by atoms with Crippen LogP contribution in [0.1, 0.15) is 37.5 Å². The summed E-state index contributed by atoms with van der Waals surface area (Å²) in [6.07, 6.45) is 3.48. The van der Waals surface area contributed by atoms with Crippen LogP contribution >= 0.6 is 0 Å². The van der Waals surface area contributed by atoms with E-state index in [1.165, 1.54) is 16.7 Å². The molecule has 0 nitrogen and oxygen atoms in total. The van der Waals surface area contributed by atoms with Crippen molar-refractivity contribution in [1.29, 1.82) is 0 Å². The summed E-state index contributed by atoms with van der Waals surface area (Å²) in [5, 5.41) is 0. The van der Waals surface area contributed by atoms with Gasteiger partial charge in [0.05, 0.1) is 0 Å². The summed E-state index contributed by atoms with van der Waals surface area (Å²) in [7, 11) is 0. The smallest absolute Gasteiger partial charge is 0.213 e. The fraction of sp³-hybridized carbons (Fsp3) is 0.286. The molecule has 114 valence electrons. The summed E-state index contributed by atoms with van der Waals surface area (Å²) in [4.78, 5) is 0. The van der Waals surface area contributed by atoms with E-state index in [4.69, 9.17) is 0 Å². The number of rotatable bonds is 3. The second kappa shape index (κ2) is 14.0. The first kappa shape index (κ1) is 21.4. The Morgan fingerprint density at radius 3 is 0.727 bits per heavy atom. The zero-order chi connectivity index (χ0) is 15.3. The Morgan fingerprint density at radius 1 is 0.455 bits per heavy atom. The van der Waals surface area contributed by atoms with Crippen LogP contribution in [0.5, 0.6) is 0 Å². The van der Waals surface area contributed by atoms with Crippen LogP contribution in [0.3, 0.4) is 0 Å². The molecule has 3 aromatic rings. The van der Waals surface area contributed by atoms with E-state index in [-0.39, 0.29) is 41.3 Å². The van der Waals surface area contributed by atoms with Gasteiger partial charge in [0.1, 0.15) is 0 Å². The standard InChI is InChI=1S/3C7H9.Pr/c3*1-2-7-5-3-4-6-7;/h3*3-6H,2H2,1H3;/q3*-1;+3. The average molecular weight is 420 g/mol. The summed E-state index contributed by atoms with van der Waals surface area (Å²) in [6, 6.07) is 25.2. The van der Waals surface area contributed by atoms with Crippen molar-refractivity contribution in [2.24, 2.45) is 0 Å². The summed E-state index contributed by atoms with van der Waals surface area (Å²) >= 11 is 0. The van der Waals surface area contributed by atoms with Crippen molar-refractivity contribution in [2.45, 2.75) is 40.0 Å². The molecule has 0 aliphatic carbocycles. The fourth-order valence-corrected chi connectivity index (χ4v) is 1.95. The van der Waals surface area contributed by atoms with Crippen LogP contribution in [-0.4, -0.2) is 0 Å². The van der Waals surface area contributed by atoms with Crippen LogP contribution in [0.25, 0.3) is 0 Å². The minimum absolute atomic E-state index is 0. The van der Waals surface area contributed by atoms with E-state index in [0.29, 0.717) is 0 Å². The molecule has 0 N–H and O–H groups in total. The molecule has 0 aromatic heterocycles. The predicted molar refractivity (Wildman–Crippen MR) is 94.2 cm³/mol. The van der Waals surface area contributed by atoms with Crippen LogP contribution in [-0.2, 0) is 19.3 Å². The third kappa shape index (κ3) is 9.43. The Hall–Kier alpha value is -0.586. The summed E-state index contributed by atoms with van der Waals surface area (Å²) in [5.41, 5.74) is 4.29. The van der Waals surface area contributed by atoms with Gasteiger partial charge in [-0.05, 0) is 0 Å². The van der Waals surface area contributed by atoms with E-state index in [0.717, 1.165) is 19.3 Å². The second-order valence-corrected chi connectivity index (χ2v) is 4.94. The Labute approximate surface area is 169 Å². The molecular formula is C21H27Pr. The number of hydrogen-bond donors (Lipinski definition) is 0. The van der Waals surface area contributed by atoms with Crippen molar-refractivity contribution in [1.82, 2.24) is 0 Å². The van der Waals surface area contributed by atoms with E-state index in [9.17, 15) is 0 Å². The average Bonchev–Trinajstić information content (AvgIpc) is 3.31. The molecule has 0 radical (unpaired) electrons. The van der Waals surface area contributed by atoms with Crippen LogP contribution in [0.15, 0.2) is 72.8 Å². The molecule has 0 bridgehead atoms. The van der Waals surface area contributed by atoms with Gasteiger partial charge in [-0.2, -0.15) is 53.1 Å². The number of aryl methyl sites for hydroxylation is 3. The molecule has 1 heteroatoms. The van der Waals surface area contributed by atoms with Crippen LogP contribution < -0.4 is 0 Å². The first-order valence-corrected chi connectivity index (χ1v) is 7.91. The van der Waals surface area contributed by atoms with Crippen molar-refractivity contribution < 1.29 is 41.3 Å². The molecule has 0 saturated carbocycles. The first-order valence-electron chi connectivity index (χ1n) is 7.91. The summed E-state index contributed by atoms with van der Waals surface area (Å²) in [6.45, 7) is 6.49. The first-order chi connectivity index (χ1) is 10.3. The Bertz CT molecular complexity index is 431. The van der Waals surface area contributed by atoms with Crippen molar-refractivity contribution >= 4 is 0 Å². The predicted octanol–water partition coefficient (Wildman–Crippen LogP) is 5.90. The van der Waals surface area contributed by atoms with Gasteiger partial charge in [-0.1, -0.05) is 40.0 Å². The quantitative estimate of drug-likeness (QED) is 0.463. The van der Waals surface area contributed by atoms with Crippen molar-refractivity contribution in [2.75, 3.05) is 0 Å². The molecule has 22 heavy (non-hydrogen) atoms. The maximum Gasteiger partial charge on any atom is 3.00 e. The van der Waals surface area contributed by atoms with Gasteiger partial charge in [0.25, 0.3) is 0 Å². The summed E-state index contributed by atoms with van der Waals surface area (Å²) < 4.78 is 0. The molecule has 0 fully saturated rings. The molecule has 0 saturated heterocycles. The van der Waals surface area contributed by atoms with Gasteiger partial charge in [0, 0.05) is 0 Å². The van der Waals surface area contributed by atoms with E-state index < -0.39 is 0 Å². The monoisotopic (exact) mass is 420 g/mol. The van der Waals surface area contributed by atoms with Crippen LogP contribution in [0, 0.1) is 41.3 Å². The third-order valence-corrected chi connectivity index (χ3v) is 3.42. The minimum Gasteiger partial charge on any atom is -0.213 e. The van der Waals surface area contributed by atoms with Gasteiger partial charge in [-0.3, -0.25) is 0 Å².